The fraction of sp³-hybridized carbons (Fsp3) is 0.455. The van der Waals surface area contributed by atoms with Crippen molar-refractivity contribution in [1.82, 2.24) is 24.4 Å². The first kappa shape index (κ1) is 22.2. The van der Waals surface area contributed by atoms with Gasteiger partial charge in [-0.2, -0.15) is 13.2 Å². The Balaban J connectivity index is 1.32. The highest BCUT2D eigenvalue weighted by atomic mass is 19.4. The first-order valence-electron chi connectivity index (χ1n) is 11.1. The second kappa shape index (κ2) is 8.03. The van der Waals surface area contributed by atoms with Crippen molar-refractivity contribution in [3.8, 4) is 0 Å². The predicted molar refractivity (Wildman–Crippen MR) is 120 cm³/mol. The van der Waals surface area contributed by atoms with Crippen molar-refractivity contribution in [2.24, 2.45) is 7.05 Å². The zero-order valence-corrected chi connectivity index (χ0v) is 18.5. The minimum Gasteiger partial charge on any atom is -0.355 e. The molecule has 0 atom stereocenters. The number of fused-ring (bicyclic) bond motifs is 1. The van der Waals surface area contributed by atoms with Gasteiger partial charge in [-0.1, -0.05) is 0 Å². The van der Waals surface area contributed by atoms with E-state index in [0.717, 1.165) is 40.6 Å². The number of hydrogen-bond acceptors (Lipinski definition) is 5. The molecule has 34 heavy (non-hydrogen) atoms. The Hall–Kier alpha value is -3.57. The Labute approximate surface area is 192 Å². The molecule has 0 bridgehead atoms. The molecular weight excluding hydrogens is 451 g/mol. The van der Waals surface area contributed by atoms with E-state index in [1.54, 1.807) is 17.3 Å². The summed E-state index contributed by atoms with van der Waals surface area (Å²) in [6.45, 7) is 1.82. The second-order valence-electron chi connectivity index (χ2n) is 8.89. The van der Waals surface area contributed by atoms with Gasteiger partial charge in [-0.3, -0.25) is 4.79 Å². The van der Waals surface area contributed by atoms with Crippen LogP contribution in [0.3, 0.4) is 0 Å². The number of pyridine rings is 1. The van der Waals surface area contributed by atoms with E-state index in [-0.39, 0.29) is 5.69 Å². The number of aromatic nitrogens is 4. The van der Waals surface area contributed by atoms with Crippen LogP contribution in [-0.4, -0.2) is 55.6 Å². The first-order valence-corrected chi connectivity index (χ1v) is 11.1. The molecule has 0 saturated carbocycles. The average molecular weight is 475 g/mol. The number of carbonyl (C=O) groups excluding carboxylic acids is 1. The van der Waals surface area contributed by atoms with Crippen LogP contribution in [0.5, 0.6) is 0 Å². The van der Waals surface area contributed by atoms with Crippen molar-refractivity contribution in [3.05, 3.63) is 46.6 Å². The van der Waals surface area contributed by atoms with E-state index < -0.39 is 28.9 Å². The first-order chi connectivity index (χ1) is 16.2. The number of carbonyl (C=O) groups is 1. The smallest absolute Gasteiger partial charge is 0.355 e. The van der Waals surface area contributed by atoms with Crippen molar-refractivity contribution in [1.29, 1.82) is 0 Å². The number of anilines is 2. The van der Waals surface area contributed by atoms with Crippen LogP contribution in [-0.2, 0) is 13.2 Å². The Bertz CT molecular complexity index is 1290. The number of nitrogens with zero attached hydrogens (tertiary/aromatic N) is 5. The summed E-state index contributed by atoms with van der Waals surface area (Å²) in [4.78, 5) is 41.4. The highest BCUT2D eigenvalue weighted by molar-refractivity contribution is 5.90. The molecule has 0 unspecified atom stereocenters. The Morgan fingerprint density at radius 1 is 1.21 bits per heavy atom. The molecule has 2 amide bonds. The quantitative estimate of drug-likeness (QED) is 0.592. The van der Waals surface area contributed by atoms with E-state index in [1.807, 2.05) is 6.07 Å². The van der Waals surface area contributed by atoms with E-state index >= 15 is 0 Å². The molecule has 3 aromatic rings. The summed E-state index contributed by atoms with van der Waals surface area (Å²) in [5, 5.41) is 2.45. The minimum absolute atomic E-state index is 0.378. The van der Waals surface area contributed by atoms with Gasteiger partial charge < -0.3 is 24.7 Å². The molecule has 12 heteroatoms. The maximum Gasteiger partial charge on any atom is 0.417 e. The summed E-state index contributed by atoms with van der Waals surface area (Å²) < 4.78 is 40.4. The predicted octanol–water partition coefficient (Wildman–Crippen LogP) is 3.34. The molecule has 2 N–H and O–H groups in total. The monoisotopic (exact) mass is 475 g/mol. The van der Waals surface area contributed by atoms with Crippen molar-refractivity contribution < 1.29 is 18.0 Å². The molecule has 3 aromatic heterocycles. The fourth-order valence-corrected chi connectivity index (χ4v) is 5.04. The number of likely N-dealkylation sites (tertiary alicyclic amines) is 1. The van der Waals surface area contributed by atoms with Crippen molar-refractivity contribution in [3.63, 3.8) is 0 Å². The number of aromatic amines is 1. The molecule has 2 saturated heterocycles. The summed E-state index contributed by atoms with van der Waals surface area (Å²) in [6.07, 6.45) is 2.58. The third-order valence-electron chi connectivity index (χ3n) is 6.86. The van der Waals surface area contributed by atoms with Gasteiger partial charge in [0.1, 0.15) is 17.0 Å². The van der Waals surface area contributed by atoms with Crippen LogP contribution in [0.1, 0.15) is 31.2 Å². The number of amides is 2. The fourth-order valence-electron chi connectivity index (χ4n) is 5.04. The minimum atomic E-state index is -4.63. The molecule has 2 fully saturated rings. The van der Waals surface area contributed by atoms with Gasteiger partial charge in [-0.25, -0.2) is 14.8 Å². The maximum absolute atomic E-state index is 13.2. The normalized spacial score (nSPS) is 18.1. The van der Waals surface area contributed by atoms with Crippen LogP contribution in [0.2, 0.25) is 0 Å². The van der Waals surface area contributed by atoms with Gasteiger partial charge in [0.2, 0.25) is 0 Å². The SMILES string of the molecule is Cn1cc(C(F)(F)F)cc(NC(=O)N2CCCC23CCN(c2cnc4[nH]ccc4n2)CC3)c1=O. The molecule has 2 aliphatic heterocycles. The molecule has 0 aromatic carbocycles. The summed E-state index contributed by atoms with van der Waals surface area (Å²) in [6, 6.07) is 2.01. The lowest BCUT2D eigenvalue weighted by atomic mass is 9.85. The third kappa shape index (κ3) is 3.86. The number of piperidine rings is 1. The zero-order valence-electron chi connectivity index (χ0n) is 18.5. The van der Waals surface area contributed by atoms with Gasteiger partial charge in [0, 0.05) is 44.6 Å². The number of nitrogens with one attached hydrogen (secondary N) is 2. The molecule has 0 radical (unpaired) electrons. The lowest BCUT2D eigenvalue weighted by Crippen LogP contribution is -2.55. The molecule has 2 aliphatic rings. The average Bonchev–Trinajstić information content (AvgIpc) is 3.43. The summed E-state index contributed by atoms with van der Waals surface area (Å²) in [5.74, 6) is 0.767. The number of hydrogen-bond donors (Lipinski definition) is 2. The highest BCUT2D eigenvalue weighted by Crippen LogP contribution is 2.39. The number of alkyl halides is 3. The van der Waals surface area contributed by atoms with Crippen LogP contribution >= 0.6 is 0 Å². The molecule has 5 rings (SSSR count). The largest absolute Gasteiger partial charge is 0.417 e. The van der Waals surface area contributed by atoms with Gasteiger partial charge in [-0.15, -0.1) is 0 Å². The zero-order chi connectivity index (χ0) is 24.1. The molecular formula is C22H24F3N7O2. The van der Waals surface area contributed by atoms with E-state index in [9.17, 15) is 22.8 Å². The van der Waals surface area contributed by atoms with Crippen LogP contribution < -0.4 is 15.8 Å². The summed E-state index contributed by atoms with van der Waals surface area (Å²) in [7, 11) is 1.23. The topological polar surface area (TPSA) is 99.2 Å². The van der Waals surface area contributed by atoms with Crippen LogP contribution in [0.4, 0.5) is 29.5 Å². The van der Waals surface area contributed by atoms with Gasteiger partial charge in [0.05, 0.1) is 11.8 Å². The van der Waals surface area contributed by atoms with Crippen molar-refractivity contribution >= 4 is 28.7 Å². The Morgan fingerprint density at radius 3 is 2.71 bits per heavy atom. The van der Waals surface area contributed by atoms with Crippen LogP contribution in [0, 0.1) is 0 Å². The van der Waals surface area contributed by atoms with E-state index in [0.29, 0.717) is 38.5 Å². The molecule has 5 heterocycles. The molecule has 1 spiro atoms. The number of H-pyrrole nitrogens is 1. The lowest BCUT2D eigenvalue weighted by Gasteiger charge is -2.45. The maximum atomic E-state index is 13.2. The Morgan fingerprint density at radius 2 is 1.97 bits per heavy atom. The van der Waals surface area contributed by atoms with Gasteiger partial charge in [-0.05, 0) is 37.8 Å². The number of halogens is 3. The summed E-state index contributed by atoms with van der Waals surface area (Å²) >= 11 is 0. The number of rotatable bonds is 2. The second-order valence-corrected chi connectivity index (χ2v) is 8.89. The standard InChI is InChI=1S/C22H24F3N7O2/c1-30-13-14(22(23,24)25)11-16(19(30)33)29-20(34)32-8-2-4-21(32)5-9-31(10-6-21)17-12-27-18-15(28-17)3-7-26-18/h3,7,11-13H,2,4-6,8-10H2,1H3,(H,26,27)(H,29,34). The highest BCUT2D eigenvalue weighted by Gasteiger charge is 2.46. The van der Waals surface area contributed by atoms with Crippen LogP contribution in [0.25, 0.3) is 11.2 Å². The molecule has 9 nitrogen and oxygen atoms in total. The molecule has 180 valence electrons. The van der Waals surface area contributed by atoms with Gasteiger partial charge in [0.15, 0.2) is 5.65 Å². The number of urea groups is 1. The van der Waals surface area contributed by atoms with E-state index in [1.165, 1.54) is 7.05 Å². The third-order valence-corrected chi connectivity index (χ3v) is 6.86. The summed E-state index contributed by atoms with van der Waals surface area (Å²) in [5.41, 5.74) is -0.965. The van der Waals surface area contributed by atoms with Gasteiger partial charge >= 0.3 is 12.2 Å². The Kier molecular flexibility index (Phi) is 5.25. The van der Waals surface area contributed by atoms with E-state index in [4.69, 9.17) is 0 Å². The van der Waals surface area contributed by atoms with Gasteiger partial charge in [0.25, 0.3) is 5.56 Å². The lowest BCUT2D eigenvalue weighted by molar-refractivity contribution is -0.138. The van der Waals surface area contributed by atoms with Crippen molar-refractivity contribution in [2.75, 3.05) is 29.9 Å². The van der Waals surface area contributed by atoms with Crippen molar-refractivity contribution in [2.45, 2.75) is 37.4 Å². The van der Waals surface area contributed by atoms with Crippen LogP contribution in [0.15, 0.2) is 35.5 Å². The molecule has 0 aliphatic carbocycles. The van der Waals surface area contributed by atoms with E-state index in [2.05, 4.69) is 25.2 Å². The number of aryl methyl sites for hydroxylation is 1.